The molecule has 1 rings (SSSR count). The summed E-state index contributed by atoms with van der Waals surface area (Å²) in [6.45, 7) is 0. The highest BCUT2D eigenvalue weighted by Crippen LogP contribution is 2.29. The Balaban J connectivity index is 2.99. The molecule has 3 N–H and O–H groups in total. The van der Waals surface area contributed by atoms with E-state index in [4.69, 9.17) is 34.2 Å². The molecular weight excluding hydrogens is 265 g/mol. The van der Waals surface area contributed by atoms with E-state index in [0.717, 1.165) is 0 Å². The summed E-state index contributed by atoms with van der Waals surface area (Å²) in [6.07, 6.45) is 1.37. The minimum atomic E-state index is 0.0122. The van der Waals surface area contributed by atoms with Crippen LogP contribution in [0.3, 0.4) is 0 Å². The molecule has 0 spiro atoms. The van der Waals surface area contributed by atoms with Gasteiger partial charge < -0.3 is 11.1 Å². The van der Waals surface area contributed by atoms with Crippen LogP contribution in [0.1, 0.15) is 0 Å². The Kier molecular flexibility index (Phi) is 4.56. The molecule has 0 saturated heterocycles. The van der Waals surface area contributed by atoms with E-state index in [2.05, 4.69) is 17.5 Å². The fourth-order valence-corrected chi connectivity index (χ4v) is 1.55. The smallest absolute Gasteiger partial charge is 0.116 e. The zero-order valence-corrected chi connectivity index (χ0v) is 10.3. The first kappa shape index (κ1) is 12.8. The van der Waals surface area contributed by atoms with Gasteiger partial charge in [0.2, 0.25) is 0 Å². The van der Waals surface area contributed by atoms with Gasteiger partial charge in [-0.2, -0.15) is 5.26 Å². The summed E-state index contributed by atoms with van der Waals surface area (Å²) in [5.74, 6) is 0. The normalized spacial score (nSPS) is 10.7. The van der Waals surface area contributed by atoms with Crippen molar-refractivity contribution in [3.8, 4) is 6.07 Å². The highest BCUT2D eigenvalue weighted by molar-refractivity contribution is 7.80. The molecule has 0 aromatic heterocycles. The molecule has 82 valence electrons. The van der Waals surface area contributed by atoms with Crippen molar-refractivity contribution in [3.05, 3.63) is 40.0 Å². The van der Waals surface area contributed by atoms with E-state index in [-0.39, 0.29) is 10.6 Å². The molecule has 0 saturated carbocycles. The van der Waals surface area contributed by atoms with Crippen LogP contribution in [0.25, 0.3) is 0 Å². The van der Waals surface area contributed by atoms with Crippen LogP contribution in [-0.4, -0.2) is 4.99 Å². The number of halogens is 2. The van der Waals surface area contributed by atoms with Crippen molar-refractivity contribution in [2.75, 3.05) is 5.32 Å². The molecule has 0 amide bonds. The quantitative estimate of drug-likeness (QED) is 0.504. The van der Waals surface area contributed by atoms with Crippen LogP contribution in [0, 0.1) is 11.3 Å². The predicted molar refractivity (Wildman–Crippen MR) is 70.6 cm³/mol. The maximum atomic E-state index is 8.72. The molecule has 3 nitrogen and oxygen atoms in total. The summed E-state index contributed by atoms with van der Waals surface area (Å²) in [5, 5.41) is 12.4. The average molecular weight is 272 g/mol. The van der Waals surface area contributed by atoms with Crippen molar-refractivity contribution >= 4 is 46.1 Å². The largest absolute Gasteiger partial charge is 0.389 e. The first-order valence-corrected chi connectivity index (χ1v) is 5.33. The Labute approximate surface area is 108 Å². The number of para-hydroxylation sites is 1. The number of nitrogens with one attached hydrogen (secondary N) is 1. The van der Waals surface area contributed by atoms with Crippen molar-refractivity contribution in [1.29, 1.82) is 5.26 Å². The number of benzene rings is 1. The second-order valence-electron chi connectivity index (χ2n) is 2.78. The van der Waals surface area contributed by atoms with Crippen molar-refractivity contribution < 1.29 is 0 Å². The first-order valence-electron chi connectivity index (χ1n) is 4.17. The van der Waals surface area contributed by atoms with E-state index in [1.54, 1.807) is 18.2 Å². The second-order valence-corrected chi connectivity index (χ2v) is 4.03. The van der Waals surface area contributed by atoms with Gasteiger partial charge in [-0.3, -0.25) is 0 Å². The van der Waals surface area contributed by atoms with Gasteiger partial charge in [0.05, 0.1) is 15.7 Å². The number of nitriles is 1. The molecule has 1 aromatic carbocycles. The van der Waals surface area contributed by atoms with E-state index in [9.17, 15) is 0 Å². The lowest BCUT2D eigenvalue weighted by Crippen LogP contribution is -2.11. The summed E-state index contributed by atoms with van der Waals surface area (Å²) in [6, 6.07) is 6.93. The topological polar surface area (TPSA) is 61.8 Å². The van der Waals surface area contributed by atoms with Crippen LogP contribution in [0.15, 0.2) is 30.0 Å². The molecule has 0 unspecified atom stereocenters. The van der Waals surface area contributed by atoms with Gasteiger partial charge in [-0.25, -0.2) is 0 Å². The van der Waals surface area contributed by atoms with Crippen molar-refractivity contribution in [2.24, 2.45) is 5.73 Å². The Bertz CT molecular complexity index is 471. The monoisotopic (exact) mass is 271 g/mol. The summed E-state index contributed by atoms with van der Waals surface area (Å²) < 4.78 is 0. The van der Waals surface area contributed by atoms with Crippen molar-refractivity contribution in [2.45, 2.75) is 0 Å². The molecule has 0 atom stereocenters. The van der Waals surface area contributed by atoms with Gasteiger partial charge in [-0.05, 0) is 12.1 Å². The van der Waals surface area contributed by atoms with E-state index in [1.165, 1.54) is 6.20 Å². The Morgan fingerprint density at radius 3 is 2.44 bits per heavy atom. The number of rotatable bonds is 3. The zero-order valence-electron chi connectivity index (χ0n) is 8.00. The minimum Gasteiger partial charge on any atom is -0.389 e. The molecule has 0 aliphatic carbocycles. The van der Waals surface area contributed by atoms with E-state index in [0.29, 0.717) is 15.7 Å². The summed E-state index contributed by atoms with van der Waals surface area (Å²) >= 11 is 16.5. The van der Waals surface area contributed by atoms with Gasteiger partial charge in [0, 0.05) is 6.20 Å². The molecule has 1 aromatic rings. The fourth-order valence-electron chi connectivity index (χ4n) is 0.939. The van der Waals surface area contributed by atoms with Crippen molar-refractivity contribution in [1.82, 2.24) is 0 Å². The minimum absolute atomic E-state index is 0.0122. The number of hydrogen-bond acceptors (Lipinski definition) is 3. The lowest BCUT2D eigenvalue weighted by Gasteiger charge is -2.06. The van der Waals surface area contributed by atoms with Crippen molar-refractivity contribution in [3.63, 3.8) is 0 Å². The lowest BCUT2D eigenvalue weighted by molar-refractivity contribution is 1.49. The molecule has 0 heterocycles. The number of thiocarbonyl (C=S) groups is 1. The van der Waals surface area contributed by atoms with Gasteiger partial charge >= 0.3 is 0 Å². The Morgan fingerprint density at radius 2 is 2.00 bits per heavy atom. The van der Waals surface area contributed by atoms with Gasteiger partial charge in [0.1, 0.15) is 16.6 Å². The molecule has 0 radical (unpaired) electrons. The first-order chi connectivity index (χ1) is 7.56. The summed E-state index contributed by atoms with van der Waals surface area (Å²) in [5.41, 5.74) is 5.99. The number of nitrogens with zero attached hydrogens (tertiary/aromatic N) is 1. The molecule has 16 heavy (non-hydrogen) atoms. The van der Waals surface area contributed by atoms with Crippen LogP contribution in [0.5, 0.6) is 0 Å². The van der Waals surface area contributed by atoms with Crippen LogP contribution in [0.4, 0.5) is 5.69 Å². The highest BCUT2D eigenvalue weighted by Gasteiger charge is 2.04. The zero-order chi connectivity index (χ0) is 12.1. The molecule has 0 aliphatic heterocycles. The molecule has 0 bridgehead atoms. The van der Waals surface area contributed by atoms with E-state index < -0.39 is 0 Å². The SMILES string of the molecule is N#C/C(=C\Nc1c(Cl)cccc1Cl)C(N)=S. The number of hydrogen-bond donors (Lipinski definition) is 2. The highest BCUT2D eigenvalue weighted by atomic mass is 35.5. The van der Waals surface area contributed by atoms with Crippen LogP contribution in [-0.2, 0) is 0 Å². The molecule has 0 fully saturated rings. The molecular formula is C10H7Cl2N3S. The van der Waals surface area contributed by atoms with E-state index in [1.807, 2.05) is 6.07 Å². The molecule has 6 heteroatoms. The third-order valence-electron chi connectivity index (χ3n) is 1.71. The van der Waals surface area contributed by atoms with Gasteiger partial charge in [0.25, 0.3) is 0 Å². The van der Waals surface area contributed by atoms with Gasteiger partial charge in [-0.15, -0.1) is 0 Å². The van der Waals surface area contributed by atoms with Gasteiger partial charge in [-0.1, -0.05) is 41.5 Å². The fraction of sp³-hybridized carbons (Fsp3) is 0. The maximum absolute atomic E-state index is 8.72. The third kappa shape index (κ3) is 3.11. The Morgan fingerprint density at radius 1 is 1.44 bits per heavy atom. The van der Waals surface area contributed by atoms with Gasteiger partial charge in [0.15, 0.2) is 0 Å². The predicted octanol–water partition coefficient (Wildman–Crippen LogP) is 3.10. The van der Waals surface area contributed by atoms with E-state index >= 15 is 0 Å². The van der Waals surface area contributed by atoms with Crippen LogP contribution < -0.4 is 11.1 Å². The lowest BCUT2D eigenvalue weighted by atomic mass is 10.3. The number of nitrogens with two attached hydrogens (primary N) is 1. The second kappa shape index (κ2) is 5.71. The van der Waals surface area contributed by atoms with Crippen LogP contribution >= 0.6 is 35.4 Å². The third-order valence-corrected chi connectivity index (χ3v) is 2.56. The summed E-state index contributed by atoms with van der Waals surface area (Å²) in [7, 11) is 0. The standard InChI is InChI=1S/C10H7Cl2N3S/c11-7-2-1-3-8(12)9(7)15-5-6(4-13)10(14)16/h1-3,5,15H,(H2,14,16)/b6-5+. The number of anilines is 1. The maximum Gasteiger partial charge on any atom is 0.116 e. The Hall–Kier alpha value is -1.28. The summed E-state index contributed by atoms with van der Waals surface area (Å²) in [4.78, 5) is 0.0122. The van der Waals surface area contributed by atoms with Crippen LogP contribution in [0.2, 0.25) is 10.0 Å². The molecule has 0 aliphatic rings. The average Bonchev–Trinajstić information content (AvgIpc) is 2.22.